The van der Waals surface area contributed by atoms with E-state index < -0.39 is 0 Å². The van der Waals surface area contributed by atoms with Gasteiger partial charge in [0, 0.05) is 22.5 Å². The van der Waals surface area contributed by atoms with E-state index >= 15 is 0 Å². The van der Waals surface area contributed by atoms with Crippen LogP contribution in [0.3, 0.4) is 0 Å². The lowest BCUT2D eigenvalue weighted by molar-refractivity contribution is 0.254. The van der Waals surface area contributed by atoms with Crippen molar-refractivity contribution in [1.29, 1.82) is 0 Å². The molecule has 2 unspecified atom stereocenters. The second-order valence-corrected chi connectivity index (χ2v) is 6.25. The van der Waals surface area contributed by atoms with Gasteiger partial charge in [-0.1, -0.05) is 22.4 Å². The van der Waals surface area contributed by atoms with E-state index in [0.717, 1.165) is 34.0 Å². The van der Waals surface area contributed by atoms with Crippen molar-refractivity contribution in [2.45, 2.75) is 31.7 Å². The summed E-state index contributed by atoms with van der Waals surface area (Å²) in [7, 11) is 0. The van der Waals surface area contributed by atoms with Gasteiger partial charge in [0.1, 0.15) is 12.1 Å². The van der Waals surface area contributed by atoms with Crippen LogP contribution in [0, 0.1) is 5.92 Å². The number of halogens is 1. The molecule has 0 amide bonds. The second kappa shape index (κ2) is 6.06. The van der Waals surface area contributed by atoms with Crippen LogP contribution in [0.4, 0.5) is 5.82 Å². The summed E-state index contributed by atoms with van der Waals surface area (Å²) in [6.45, 7) is 0.263. The van der Waals surface area contributed by atoms with E-state index in [2.05, 4.69) is 31.2 Å². The standard InChI is InChI=1S/C15H18BrN3O/c16-11-4-5-14-12(8-11)15(18-9-17-14)19-13-3-1-2-10(13)6-7-20/h4-5,8-10,13,20H,1-3,6-7H2,(H,17,18,19). The normalized spacial score (nSPS) is 22.3. The zero-order chi connectivity index (χ0) is 13.9. The van der Waals surface area contributed by atoms with Gasteiger partial charge in [0.05, 0.1) is 5.52 Å². The smallest absolute Gasteiger partial charge is 0.137 e. The van der Waals surface area contributed by atoms with Crippen molar-refractivity contribution in [3.63, 3.8) is 0 Å². The minimum atomic E-state index is 0.263. The van der Waals surface area contributed by atoms with E-state index in [-0.39, 0.29) is 6.61 Å². The third-order valence-corrected chi connectivity index (χ3v) is 4.57. The van der Waals surface area contributed by atoms with Crippen LogP contribution in [0.25, 0.3) is 10.9 Å². The average Bonchev–Trinajstić information content (AvgIpc) is 2.87. The Hall–Kier alpha value is -1.20. The monoisotopic (exact) mass is 335 g/mol. The minimum Gasteiger partial charge on any atom is -0.396 e. The van der Waals surface area contributed by atoms with Crippen molar-refractivity contribution in [2.75, 3.05) is 11.9 Å². The van der Waals surface area contributed by atoms with E-state index in [1.165, 1.54) is 12.8 Å². The van der Waals surface area contributed by atoms with Gasteiger partial charge in [-0.25, -0.2) is 9.97 Å². The van der Waals surface area contributed by atoms with Crippen LogP contribution in [0.2, 0.25) is 0 Å². The predicted octanol–water partition coefficient (Wildman–Crippen LogP) is 3.36. The Labute approximate surface area is 126 Å². The third-order valence-electron chi connectivity index (χ3n) is 4.08. The molecule has 1 saturated carbocycles. The summed E-state index contributed by atoms with van der Waals surface area (Å²) in [5, 5.41) is 13.8. The van der Waals surface area contributed by atoms with Gasteiger partial charge in [-0.05, 0) is 43.4 Å². The van der Waals surface area contributed by atoms with Crippen LogP contribution in [-0.2, 0) is 0 Å². The van der Waals surface area contributed by atoms with E-state index in [1.807, 2.05) is 18.2 Å². The van der Waals surface area contributed by atoms with Crippen LogP contribution >= 0.6 is 15.9 Å². The highest BCUT2D eigenvalue weighted by atomic mass is 79.9. The molecule has 2 aromatic rings. The molecule has 0 spiro atoms. The second-order valence-electron chi connectivity index (χ2n) is 5.34. The third kappa shape index (κ3) is 2.79. The maximum absolute atomic E-state index is 9.16. The molecular formula is C15H18BrN3O. The Morgan fingerprint density at radius 1 is 1.30 bits per heavy atom. The van der Waals surface area contributed by atoms with Crippen LogP contribution < -0.4 is 5.32 Å². The van der Waals surface area contributed by atoms with Gasteiger partial charge in [-0.15, -0.1) is 0 Å². The zero-order valence-electron chi connectivity index (χ0n) is 11.2. The van der Waals surface area contributed by atoms with Crippen LogP contribution in [-0.4, -0.2) is 27.7 Å². The van der Waals surface area contributed by atoms with Crippen LogP contribution in [0.5, 0.6) is 0 Å². The molecule has 20 heavy (non-hydrogen) atoms. The summed E-state index contributed by atoms with van der Waals surface area (Å²) in [5.41, 5.74) is 0.947. The number of aliphatic hydroxyl groups excluding tert-OH is 1. The molecule has 1 heterocycles. The summed E-state index contributed by atoms with van der Waals surface area (Å²) in [6.07, 6.45) is 6.02. The van der Waals surface area contributed by atoms with Crippen molar-refractivity contribution in [2.24, 2.45) is 5.92 Å². The molecule has 1 fully saturated rings. The van der Waals surface area contributed by atoms with Gasteiger partial charge in [0.2, 0.25) is 0 Å². The molecule has 2 N–H and O–H groups in total. The molecule has 4 nitrogen and oxygen atoms in total. The minimum absolute atomic E-state index is 0.263. The number of fused-ring (bicyclic) bond motifs is 1. The van der Waals surface area contributed by atoms with Gasteiger partial charge in [0.25, 0.3) is 0 Å². The van der Waals surface area contributed by atoms with E-state index in [0.29, 0.717) is 12.0 Å². The average molecular weight is 336 g/mol. The fraction of sp³-hybridized carbons (Fsp3) is 0.467. The molecule has 0 aliphatic heterocycles. The summed E-state index contributed by atoms with van der Waals surface area (Å²) in [5.74, 6) is 1.43. The molecular weight excluding hydrogens is 318 g/mol. The first-order chi connectivity index (χ1) is 9.78. The number of hydrogen-bond donors (Lipinski definition) is 2. The molecule has 0 radical (unpaired) electrons. The lowest BCUT2D eigenvalue weighted by Crippen LogP contribution is -2.25. The lowest BCUT2D eigenvalue weighted by atomic mass is 10.00. The molecule has 2 atom stereocenters. The summed E-state index contributed by atoms with van der Waals surface area (Å²) < 4.78 is 1.03. The maximum Gasteiger partial charge on any atom is 0.137 e. The number of aromatic nitrogens is 2. The van der Waals surface area contributed by atoms with Crippen molar-refractivity contribution < 1.29 is 5.11 Å². The SMILES string of the molecule is OCCC1CCCC1Nc1ncnc2ccc(Br)cc12. The molecule has 1 aromatic carbocycles. The van der Waals surface area contributed by atoms with Gasteiger partial charge in [0.15, 0.2) is 0 Å². The molecule has 1 aliphatic rings. The number of aliphatic hydroxyl groups is 1. The topological polar surface area (TPSA) is 58.0 Å². The van der Waals surface area contributed by atoms with Crippen LogP contribution in [0.1, 0.15) is 25.7 Å². The number of nitrogens with one attached hydrogen (secondary N) is 1. The highest BCUT2D eigenvalue weighted by molar-refractivity contribution is 9.10. The summed E-state index contributed by atoms with van der Waals surface area (Å²) in [4.78, 5) is 8.70. The largest absolute Gasteiger partial charge is 0.396 e. The quantitative estimate of drug-likeness (QED) is 0.899. The molecule has 5 heteroatoms. The zero-order valence-corrected chi connectivity index (χ0v) is 12.8. The predicted molar refractivity (Wildman–Crippen MR) is 83.7 cm³/mol. The molecule has 1 aromatic heterocycles. The first-order valence-electron chi connectivity index (χ1n) is 7.05. The number of hydrogen-bond acceptors (Lipinski definition) is 4. The Bertz CT molecular complexity index is 605. The first kappa shape index (κ1) is 13.8. The Balaban J connectivity index is 1.88. The van der Waals surface area contributed by atoms with Crippen molar-refractivity contribution in [3.05, 3.63) is 29.0 Å². The molecule has 0 saturated heterocycles. The van der Waals surface area contributed by atoms with Gasteiger partial charge in [-0.3, -0.25) is 0 Å². The number of benzene rings is 1. The van der Waals surface area contributed by atoms with E-state index in [4.69, 9.17) is 5.11 Å². The lowest BCUT2D eigenvalue weighted by Gasteiger charge is -2.21. The number of rotatable bonds is 4. The number of anilines is 1. The molecule has 0 bridgehead atoms. The highest BCUT2D eigenvalue weighted by Crippen LogP contribution is 2.32. The first-order valence-corrected chi connectivity index (χ1v) is 7.85. The van der Waals surface area contributed by atoms with Crippen molar-refractivity contribution in [1.82, 2.24) is 9.97 Å². The highest BCUT2D eigenvalue weighted by Gasteiger charge is 2.27. The van der Waals surface area contributed by atoms with E-state index in [9.17, 15) is 0 Å². The Kier molecular flexibility index (Phi) is 4.17. The van der Waals surface area contributed by atoms with Crippen molar-refractivity contribution >= 4 is 32.7 Å². The summed E-state index contributed by atoms with van der Waals surface area (Å²) in [6, 6.07) is 6.43. The molecule has 106 valence electrons. The maximum atomic E-state index is 9.16. The van der Waals surface area contributed by atoms with E-state index in [1.54, 1.807) is 6.33 Å². The fourth-order valence-corrected chi connectivity index (χ4v) is 3.42. The van der Waals surface area contributed by atoms with Gasteiger partial charge >= 0.3 is 0 Å². The molecule has 3 rings (SSSR count). The van der Waals surface area contributed by atoms with Crippen molar-refractivity contribution in [3.8, 4) is 0 Å². The fourth-order valence-electron chi connectivity index (χ4n) is 3.06. The van der Waals surface area contributed by atoms with Gasteiger partial charge < -0.3 is 10.4 Å². The summed E-state index contributed by atoms with van der Waals surface area (Å²) >= 11 is 3.50. The number of nitrogens with zero attached hydrogens (tertiary/aromatic N) is 2. The Morgan fingerprint density at radius 2 is 2.20 bits per heavy atom. The van der Waals surface area contributed by atoms with Gasteiger partial charge in [-0.2, -0.15) is 0 Å². The Morgan fingerprint density at radius 3 is 3.05 bits per heavy atom. The van der Waals surface area contributed by atoms with Crippen LogP contribution in [0.15, 0.2) is 29.0 Å². The molecule has 1 aliphatic carbocycles.